The Bertz CT molecular complexity index is 920. The Morgan fingerprint density at radius 2 is 0.814 bits per heavy atom. The Balaban J connectivity index is 3.53. The summed E-state index contributed by atoms with van der Waals surface area (Å²) in [7, 11) is 0. The van der Waals surface area contributed by atoms with Crippen LogP contribution in [0.4, 0.5) is 0 Å². The van der Waals surface area contributed by atoms with Gasteiger partial charge in [-0.15, -0.1) is 0 Å². The summed E-state index contributed by atoms with van der Waals surface area (Å²) in [5.74, 6) is -0.133. The maximum atomic E-state index is 12.4. The van der Waals surface area contributed by atoms with E-state index in [0.29, 0.717) is 19.4 Å². The van der Waals surface area contributed by atoms with Gasteiger partial charge < -0.3 is 20.3 Å². The number of aliphatic hydroxyl groups is 2. The topological polar surface area (TPSA) is 95.9 Å². The zero-order valence-corrected chi connectivity index (χ0v) is 39.5. The third-order valence-corrected chi connectivity index (χ3v) is 12.0. The minimum Gasteiger partial charge on any atom is -0.466 e. The Labute approximate surface area is 367 Å². The maximum Gasteiger partial charge on any atom is 0.305 e. The van der Waals surface area contributed by atoms with Crippen LogP contribution in [-0.2, 0) is 14.3 Å². The number of carbonyl (C=O) groups is 2. The molecule has 0 rings (SSSR count). The van der Waals surface area contributed by atoms with E-state index in [4.69, 9.17) is 4.74 Å². The fraction of sp³-hybridized carbons (Fsp3) is 0.887. The SMILES string of the molecule is CCCC/C=C\CCCCCCCC(=O)OCCCCCCCCCCCC(=O)NC(CO)C(O)/C=C/CCCCCCCCCCCCCCCCCCCCCC. The van der Waals surface area contributed by atoms with Gasteiger partial charge in [-0.1, -0.05) is 237 Å². The fourth-order valence-corrected chi connectivity index (χ4v) is 7.91. The van der Waals surface area contributed by atoms with E-state index in [2.05, 4.69) is 31.3 Å². The molecule has 59 heavy (non-hydrogen) atoms. The molecule has 0 fully saturated rings. The monoisotopic (exact) mass is 832 g/mol. The molecule has 6 heteroatoms. The molecule has 3 N–H and O–H groups in total. The highest BCUT2D eigenvalue weighted by Crippen LogP contribution is 2.16. The molecule has 0 bridgehead atoms. The second kappa shape index (κ2) is 49.0. The lowest BCUT2D eigenvalue weighted by Gasteiger charge is -2.20. The normalized spacial score (nSPS) is 12.8. The summed E-state index contributed by atoms with van der Waals surface area (Å²) >= 11 is 0. The van der Waals surface area contributed by atoms with Gasteiger partial charge in [0.05, 0.1) is 25.4 Å². The smallest absolute Gasteiger partial charge is 0.305 e. The summed E-state index contributed by atoms with van der Waals surface area (Å²) in [6.45, 7) is 4.80. The molecule has 0 aliphatic heterocycles. The van der Waals surface area contributed by atoms with E-state index in [1.54, 1.807) is 6.08 Å². The van der Waals surface area contributed by atoms with Gasteiger partial charge in [-0.2, -0.15) is 0 Å². The lowest BCUT2D eigenvalue weighted by molar-refractivity contribution is -0.143. The minimum absolute atomic E-state index is 0.0381. The lowest BCUT2D eigenvalue weighted by Crippen LogP contribution is -2.45. The number of hydrogen-bond donors (Lipinski definition) is 3. The number of aliphatic hydroxyl groups excluding tert-OH is 2. The summed E-state index contributed by atoms with van der Waals surface area (Å²) in [5, 5.41) is 23.1. The molecule has 6 nitrogen and oxygen atoms in total. The number of hydrogen-bond acceptors (Lipinski definition) is 5. The van der Waals surface area contributed by atoms with Crippen molar-refractivity contribution in [2.24, 2.45) is 0 Å². The van der Waals surface area contributed by atoms with E-state index in [-0.39, 0.29) is 18.5 Å². The average Bonchev–Trinajstić information content (AvgIpc) is 3.24. The molecule has 0 heterocycles. The summed E-state index contributed by atoms with van der Waals surface area (Å²) in [6.07, 6.45) is 57.5. The molecule has 0 radical (unpaired) electrons. The van der Waals surface area contributed by atoms with Gasteiger partial charge >= 0.3 is 5.97 Å². The van der Waals surface area contributed by atoms with E-state index in [1.165, 1.54) is 193 Å². The van der Waals surface area contributed by atoms with Gasteiger partial charge in [-0.3, -0.25) is 9.59 Å². The molecule has 2 atom stereocenters. The molecule has 0 saturated carbocycles. The van der Waals surface area contributed by atoms with Crippen molar-refractivity contribution in [1.29, 1.82) is 0 Å². The predicted molar refractivity (Wildman–Crippen MR) is 255 cm³/mol. The highest BCUT2D eigenvalue weighted by atomic mass is 16.5. The van der Waals surface area contributed by atoms with Gasteiger partial charge in [0, 0.05) is 12.8 Å². The number of carbonyl (C=O) groups excluding carboxylic acids is 2. The van der Waals surface area contributed by atoms with Crippen molar-refractivity contribution in [1.82, 2.24) is 5.32 Å². The Kier molecular flexibility index (Phi) is 47.6. The molecule has 348 valence electrons. The molecule has 2 unspecified atom stereocenters. The van der Waals surface area contributed by atoms with Gasteiger partial charge in [-0.05, 0) is 51.4 Å². The number of nitrogens with one attached hydrogen (secondary N) is 1. The van der Waals surface area contributed by atoms with E-state index in [9.17, 15) is 19.8 Å². The second-order valence-corrected chi connectivity index (χ2v) is 17.9. The Morgan fingerprint density at radius 3 is 1.25 bits per heavy atom. The van der Waals surface area contributed by atoms with Crippen molar-refractivity contribution in [3.05, 3.63) is 24.3 Å². The molecular formula is C53H101NO5. The number of rotatable bonds is 48. The molecule has 0 aliphatic carbocycles. The van der Waals surface area contributed by atoms with Gasteiger partial charge in [0.15, 0.2) is 0 Å². The Morgan fingerprint density at radius 1 is 0.458 bits per heavy atom. The van der Waals surface area contributed by atoms with Crippen molar-refractivity contribution in [3.8, 4) is 0 Å². The number of ether oxygens (including phenoxy) is 1. The second-order valence-electron chi connectivity index (χ2n) is 17.9. The molecule has 0 saturated heterocycles. The summed E-state index contributed by atoms with van der Waals surface area (Å²) in [5.41, 5.74) is 0. The van der Waals surface area contributed by atoms with E-state index in [1.807, 2.05) is 6.08 Å². The first-order chi connectivity index (χ1) is 29.0. The highest BCUT2D eigenvalue weighted by molar-refractivity contribution is 5.76. The molecule has 0 aromatic rings. The first kappa shape index (κ1) is 57.3. The number of unbranched alkanes of at least 4 members (excludes halogenated alkanes) is 35. The van der Waals surface area contributed by atoms with E-state index >= 15 is 0 Å². The first-order valence-electron chi connectivity index (χ1n) is 26.1. The van der Waals surface area contributed by atoms with Crippen LogP contribution in [0.3, 0.4) is 0 Å². The van der Waals surface area contributed by atoms with Gasteiger partial charge in [0.25, 0.3) is 0 Å². The van der Waals surface area contributed by atoms with Gasteiger partial charge in [-0.25, -0.2) is 0 Å². The molecule has 0 spiro atoms. The van der Waals surface area contributed by atoms with Crippen LogP contribution < -0.4 is 5.32 Å². The summed E-state index contributed by atoms with van der Waals surface area (Å²) in [4.78, 5) is 24.4. The van der Waals surface area contributed by atoms with Crippen LogP contribution in [0.25, 0.3) is 0 Å². The van der Waals surface area contributed by atoms with Crippen molar-refractivity contribution >= 4 is 11.9 Å². The van der Waals surface area contributed by atoms with Gasteiger partial charge in [0.2, 0.25) is 5.91 Å². The quantitative estimate of drug-likeness (QED) is 0.0322. The lowest BCUT2D eigenvalue weighted by atomic mass is 10.0. The predicted octanol–water partition coefficient (Wildman–Crippen LogP) is 15.5. The molecule has 0 aromatic carbocycles. The zero-order chi connectivity index (χ0) is 43.0. The average molecular weight is 832 g/mol. The van der Waals surface area contributed by atoms with Crippen molar-refractivity contribution < 1.29 is 24.5 Å². The third-order valence-electron chi connectivity index (χ3n) is 12.0. The Hall–Kier alpha value is -1.66. The van der Waals surface area contributed by atoms with E-state index in [0.717, 1.165) is 57.8 Å². The standard InChI is InChI=1S/C53H101NO5/c1-3-5-7-9-11-13-15-16-17-18-19-20-21-22-23-24-25-27-29-33-37-41-45-51(56)50(49-55)54-52(57)46-42-38-34-30-28-32-36-40-44-48-59-53(58)47-43-39-35-31-26-14-12-10-8-6-4-2/h10,12,41,45,50-51,55-56H,3-9,11,13-40,42-44,46-49H2,1-2H3,(H,54,57)/b12-10-,45-41+. The summed E-state index contributed by atoms with van der Waals surface area (Å²) in [6, 6.07) is -0.648. The van der Waals surface area contributed by atoms with Crippen molar-refractivity contribution in [3.63, 3.8) is 0 Å². The number of allylic oxidation sites excluding steroid dienone is 3. The largest absolute Gasteiger partial charge is 0.466 e. The first-order valence-corrected chi connectivity index (χ1v) is 26.1. The third kappa shape index (κ3) is 45.7. The minimum atomic E-state index is -0.862. The molecule has 0 aliphatic rings. The maximum absolute atomic E-state index is 12.4. The number of amides is 1. The summed E-state index contributed by atoms with van der Waals surface area (Å²) < 4.78 is 5.42. The van der Waals surface area contributed by atoms with Crippen LogP contribution in [0.5, 0.6) is 0 Å². The highest BCUT2D eigenvalue weighted by Gasteiger charge is 2.18. The van der Waals surface area contributed by atoms with Gasteiger partial charge in [0.1, 0.15) is 0 Å². The van der Waals surface area contributed by atoms with Crippen LogP contribution in [0.1, 0.15) is 277 Å². The molecular weight excluding hydrogens is 731 g/mol. The van der Waals surface area contributed by atoms with Crippen LogP contribution in [-0.4, -0.2) is 47.4 Å². The van der Waals surface area contributed by atoms with Crippen LogP contribution in [0, 0.1) is 0 Å². The van der Waals surface area contributed by atoms with E-state index < -0.39 is 12.1 Å². The molecule has 1 amide bonds. The van der Waals surface area contributed by atoms with Crippen molar-refractivity contribution in [2.45, 2.75) is 289 Å². The zero-order valence-electron chi connectivity index (χ0n) is 39.5. The van der Waals surface area contributed by atoms with Crippen LogP contribution in [0.15, 0.2) is 24.3 Å². The van der Waals surface area contributed by atoms with Crippen molar-refractivity contribution in [2.75, 3.05) is 13.2 Å². The van der Waals surface area contributed by atoms with Crippen LogP contribution in [0.2, 0.25) is 0 Å². The van der Waals surface area contributed by atoms with Crippen LogP contribution >= 0.6 is 0 Å². The molecule has 0 aromatic heterocycles. The fourth-order valence-electron chi connectivity index (χ4n) is 7.91. The number of esters is 1.